The van der Waals surface area contributed by atoms with E-state index in [2.05, 4.69) is 5.10 Å². The number of aromatic nitrogens is 2. The number of rotatable bonds is 1. The van der Waals surface area contributed by atoms with Gasteiger partial charge in [0.1, 0.15) is 11.4 Å². The molecule has 5 heteroatoms. The molecule has 0 radical (unpaired) electrons. The number of hydrogen-bond donors (Lipinski definition) is 1. The van der Waals surface area contributed by atoms with Crippen molar-refractivity contribution in [1.82, 2.24) is 9.78 Å². The van der Waals surface area contributed by atoms with Crippen LogP contribution in [0.4, 0.5) is 10.6 Å². The molecular formula is C10H17N3O2. The van der Waals surface area contributed by atoms with E-state index in [0.717, 1.165) is 16.7 Å². The summed E-state index contributed by atoms with van der Waals surface area (Å²) in [5.74, 6) is 0.378. The number of carbonyl (C=O) groups excluding carboxylic acids is 1. The number of anilines is 1. The van der Waals surface area contributed by atoms with Crippen LogP contribution in [0.15, 0.2) is 6.20 Å². The second-order valence-electron chi connectivity index (χ2n) is 4.32. The average Bonchev–Trinajstić information content (AvgIpc) is 2.43. The quantitative estimate of drug-likeness (QED) is 0.769. The first-order valence-electron chi connectivity index (χ1n) is 4.91. The molecule has 1 aromatic heterocycles. The molecule has 0 aliphatic rings. The maximum absolute atomic E-state index is 11.6. The van der Waals surface area contributed by atoms with E-state index in [-0.39, 0.29) is 0 Å². The highest BCUT2D eigenvalue weighted by atomic mass is 16.6. The third kappa shape index (κ3) is 2.97. The number of aryl methyl sites for hydroxylation is 1. The SMILES string of the molecule is CCc1cn(C(=O)OC(C)(C)C)nc1N. The van der Waals surface area contributed by atoms with Gasteiger partial charge in [-0.2, -0.15) is 4.68 Å². The van der Waals surface area contributed by atoms with Gasteiger partial charge in [0.25, 0.3) is 0 Å². The van der Waals surface area contributed by atoms with E-state index >= 15 is 0 Å². The minimum absolute atomic E-state index is 0.378. The predicted octanol–water partition coefficient (Wildman–Crippen LogP) is 1.81. The summed E-state index contributed by atoms with van der Waals surface area (Å²) in [6.45, 7) is 7.36. The van der Waals surface area contributed by atoms with E-state index in [1.807, 2.05) is 6.92 Å². The van der Waals surface area contributed by atoms with Gasteiger partial charge in [0.2, 0.25) is 0 Å². The third-order valence-corrected chi connectivity index (χ3v) is 1.78. The normalized spacial score (nSPS) is 11.5. The van der Waals surface area contributed by atoms with Crippen LogP contribution in [-0.2, 0) is 11.2 Å². The minimum Gasteiger partial charge on any atom is -0.442 e. The fourth-order valence-corrected chi connectivity index (χ4v) is 1.10. The van der Waals surface area contributed by atoms with Crippen LogP contribution in [0.1, 0.15) is 33.3 Å². The molecule has 84 valence electrons. The van der Waals surface area contributed by atoms with E-state index < -0.39 is 11.7 Å². The van der Waals surface area contributed by atoms with Crippen LogP contribution in [0.2, 0.25) is 0 Å². The van der Waals surface area contributed by atoms with E-state index in [1.54, 1.807) is 27.0 Å². The molecule has 0 bridgehead atoms. The summed E-state index contributed by atoms with van der Waals surface area (Å²) < 4.78 is 6.28. The van der Waals surface area contributed by atoms with E-state index in [9.17, 15) is 4.79 Å². The molecule has 1 heterocycles. The third-order valence-electron chi connectivity index (χ3n) is 1.78. The van der Waals surface area contributed by atoms with Gasteiger partial charge in [-0.3, -0.25) is 0 Å². The second-order valence-corrected chi connectivity index (χ2v) is 4.32. The van der Waals surface area contributed by atoms with E-state index in [4.69, 9.17) is 10.5 Å². The lowest BCUT2D eigenvalue weighted by molar-refractivity contribution is 0.0515. The molecule has 0 aromatic carbocycles. The van der Waals surface area contributed by atoms with Gasteiger partial charge in [-0.15, -0.1) is 5.10 Å². The highest BCUT2D eigenvalue weighted by Crippen LogP contribution is 2.12. The molecule has 0 saturated carbocycles. The van der Waals surface area contributed by atoms with Crippen LogP contribution in [-0.4, -0.2) is 21.5 Å². The molecule has 0 aliphatic carbocycles. The van der Waals surface area contributed by atoms with Crippen molar-refractivity contribution in [2.24, 2.45) is 0 Å². The Bertz CT molecular complexity index is 363. The lowest BCUT2D eigenvalue weighted by Crippen LogP contribution is -2.27. The fourth-order valence-electron chi connectivity index (χ4n) is 1.10. The van der Waals surface area contributed by atoms with E-state index in [0.29, 0.717) is 5.82 Å². The molecule has 2 N–H and O–H groups in total. The molecular weight excluding hydrogens is 194 g/mol. The highest BCUT2D eigenvalue weighted by molar-refractivity contribution is 5.70. The van der Waals surface area contributed by atoms with Crippen molar-refractivity contribution in [3.05, 3.63) is 11.8 Å². The van der Waals surface area contributed by atoms with Crippen molar-refractivity contribution in [1.29, 1.82) is 0 Å². The first-order chi connectivity index (χ1) is 6.83. The number of nitrogen functional groups attached to an aromatic ring is 1. The van der Waals surface area contributed by atoms with Crippen molar-refractivity contribution < 1.29 is 9.53 Å². The standard InChI is InChI=1S/C10H17N3O2/c1-5-7-6-13(12-8(7)11)9(14)15-10(2,3)4/h6H,5H2,1-4H3,(H2,11,12). The number of nitrogens with two attached hydrogens (primary N) is 1. The predicted molar refractivity (Wildman–Crippen MR) is 57.6 cm³/mol. The Kier molecular flexibility index (Phi) is 3.02. The van der Waals surface area contributed by atoms with Crippen molar-refractivity contribution in [3.8, 4) is 0 Å². The number of nitrogens with zero attached hydrogens (tertiary/aromatic N) is 2. The summed E-state index contributed by atoms with van der Waals surface area (Å²) in [7, 11) is 0. The Hall–Kier alpha value is -1.52. The zero-order valence-electron chi connectivity index (χ0n) is 9.57. The van der Waals surface area contributed by atoms with Crippen LogP contribution in [0.5, 0.6) is 0 Å². The van der Waals surface area contributed by atoms with Gasteiger partial charge >= 0.3 is 6.09 Å². The Balaban J connectivity index is 2.83. The molecule has 1 rings (SSSR count). The van der Waals surface area contributed by atoms with Gasteiger partial charge in [0.15, 0.2) is 0 Å². The maximum Gasteiger partial charge on any atom is 0.435 e. The Morgan fingerprint density at radius 1 is 1.60 bits per heavy atom. The van der Waals surface area contributed by atoms with Gasteiger partial charge in [-0.05, 0) is 27.2 Å². The Morgan fingerprint density at radius 2 is 2.20 bits per heavy atom. The van der Waals surface area contributed by atoms with Crippen molar-refractivity contribution in [2.75, 3.05) is 5.73 Å². The summed E-state index contributed by atoms with van der Waals surface area (Å²) in [6.07, 6.45) is 1.84. The van der Waals surface area contributed by atoms with Crippen molar-refractivity contribution in [3.63, 3.8) is 0 Å². The van der Waals surface area contributed by atoms with Gasteiger partial charge in [0.05, 0.1) is 0 Å². The van der Waals surface area contributed by atoms with Gasteiger partial charge < -0.3 is 10.5 Å². The molecule has 5 nitrogen and oxygen atoms in total. The lowest BCUT2D eigenvalue weighted by atomic mass is 10.2. The Morgan fingerprint density at radius 3 is 2.60 bits per heavy atom. The first-order valence-corrected chi connectivity index (χ1v) is 4.91. The topological polar surface area (TPSA) is 70.1 Å². The van der Waals surface area contributed by atoms with Crippen LogP contribution in [0.25, 0.3) is 0 Å². The Labute approximate surface area is 89.2 Å². The second kappa shape index (κ2) is 3.92. The molecule has 0 saturated heterocycles. The number of carbonyl (C=O) groups is 1. The minimum atomic E-state index is -0.524. The van der Waals surface area contributed by atoms with Gasteiger partial charge in [0, 0.05) is 11.8 Å². The summed E-state index contributed by atoms with van der Waals surface area (Å²) >= 11 is 0. The largest absolute Gasteiger partial charge is 0.442 e. The molecule has 0 spiro atoms. The first kappa shape index (κ1) is 11.6. The summed E-state index contributed by atoms with van der Waals surface area (Å²) in [4.78, 5) is 11.6. The van der Waals surface area contributed by atoms with Crippen LogP contribution in [0.3, 0.4) is 0 Å². The lowest BCUT2D eigenvalue weighted by Gasteiger charge is -2.18. The summed E-state index contributed by atoms with van der Waals surface area (Å²) in [5.41, 5.74) is 5.94. The smallest absolute Gasteiger partial charge is 0.435 e. The fraction of sp³-hybridized carbons (Fsp3) is 0.600. The molecule has 0 aliphatic heterocycles. The molecule has 0 unspecified atom stereocenters. The van der Waals surface area contributed by atoms with Gasteiger partial charge in [-0.1, -0.05) is 6.92 Å². The van der Waals surface area contributed by atoms with Gasteiger partial charge in [-0.25, -0.2) is 4.79 Å². The van der Waals surface area contributed by atoms with Crippen molar-refractivity contribution in [2.45, 2.75) is 39.7 Å². The number of ether oxygens (including phenoxy) is 1. The zero-order valence-corrected chi connectivity index (χ0v) is 9.57. The average molecular weight is 211 g/mol. The zero-order chi connectivity index (χ0) is 11.6. The molecule has 1 aromatic rings. The summed E-state index contributed by atoms with van der Waals surface area (Å²) in [5, 5.41) is 3.89. The maximum atomic E-state index is 11.6. The van der Waals surface area contributed by atoms with Crippen LogP contribution < -0.4 is 5.73 Å². The van der Waals surface area contributed by atoms with E-state index in [1.165, 1.54) is 0 Å². The monoisotopic (exact) mass is 211 g/mol. The summed E-state index contributed by atoms with van der Waals surface area (Å²) in [6, 6.07) is 0. The van der Waals surface area contributed by atoms with Crippen LogP contribution >= 0.6 is 0 Å². The molecule has 15 heavy (non-hydrogen) atoms. The van der Waals surface area contributed by atoms with Crippen molar-refractivity contribution >= 4 is 11.9 Å². The molecule has 0 fully saturated rings. The molecule has 0 amide bonds. The highest BCUT2D eigenvalue weighted by Gasteiger charge is 2.19. The molecule has 0 atom stereocenters. The number of hydrogen-bond acceptors (Lipinski definition) is 4. The van der Waals surface area contributed by atoms with Crippen LogP contribution in [0, 0.1) is 0 Å².